The fourth-order valence-corrected chi connectivity index (χ4v) is 4.09. The predicted molar refractivity (Wildman–Crippen MR) is 129 cm³/mol. The van der Waals surface area contributed by atoms with Crippen LogP contribution in [-0.4, -0.2) is 74.5 Å². The quantitative estimate of drug-likeness (QED) is 0.440. The third-order valence-electron chi connectivity index (χ3n) is 5.90. The first-order valence-electron chi connectivity index (χ1n) is 11.7. The van der Waals surface area contributed by atoms with E-state index in [-0.39, 0.29) is 5.91 Å². The van der Waals surface area contributed by atoms with Crippen LogP contribution in [0.5, 0.6) is 0 Å². The number of hydrogen-bond donors (Lipinski definition) is 2. The number of carbonyl (C=O) groups excluding carboxylic acids is 1. The average molecular weight is 440 g/mol. The van der Waals surface area contributed by atoms with Crippen molar-refractivity contribution in [2.24, 2.45) is 4.99 Å². The second-order valence-electron chi connectivity index (χ2n) is 8.45. The van der Waals surface area contributed by atoms with Crippen LogP contribution in [0.1, 0.15) is 41.4 Å². The number of hydrogen-bond acceptors (Lipinski definition) is 4. The Kier molecular flexibility index (Phi) is 9.16. The summed E-state index contributed by atoms with van der Waals surface area (Å²) < 4.78 is 5.43. The maximum atomic E-state index is 12.2. The zero-order valence-electron chi connectivity index (χ0n) is 19.6. The maximum Gasteiger partial charge on any atom is 0.253 e. The largest absolute Gasteiger partial charge is 0.469 e. The van der Waals surface area contributed by atoms with Gasteiger partial charge in [0.05, 0.1) is 12.8 Å². The maximum absolute atomic E-state index is 12.2. The zero-order valence-corrected chi connectivity index (χ0v) is 19.6. The molecule has 1 aliphatic rings. The van der Waals surface area contributed by atoms with Crippen molar-refractivity contribution in [3.63, 3.8) is 0 Å². The monoisotopic (exact) mass is 439 g/mol. The lowest BCUT2D eigenvalue weighted by Gasteiger charge is -2.21. The van der Waals surface area contributed by atoms with Gasteiger partial charge in [0, 0.05) is 45.2 Å². The van der Waals surface area contributed by atoms with Crippen molar-refractivity contribution in [2.75, 3.05) is 46.8 Å². The first-order chi connectivity index (χ1) is 15.6. The minimum atomic E-state index is 0.0266. The second kappa shape index (κ2) is 12.3. The van der Waals surface area contributed by atoms with Gasteiger partial charge in [-0.1, -0.05) is 19.1 Å². The Balaban J connectivity index is 1.55. The molecule has 1 aromatic carbocycles. The summed E-state index contributed by atoms with van der Waals surface area (Å²) in [5, 5.41) is 6.92. The summed E-state index contributed by atoms with van der Waals surface area (Å²) in [4.78, 5) is 21.2. The van der Waals surface area contributed by atoms with E-state index in [2.05, 4.69) is 28.5 Å². The standard InChI is InChI=1S/C25H37N5O2/c1-4-30-16-6-10-22(30)19-28-25(27-15-13-23-11-7-17-32-23)26-14-12-20-8-5-9-21(18-20)24(31)29(2)3/h5,7-9,11,17-18,22H,4,6,10,12-16,19H2,1-3H3,(H2,26,27,28). The first kappa shape index (κ1) is 23.9. The molecule has 0 aliphatic carbocycles. The van der Waals surface area contributed by atoms with E-state index in [4.69, 9.17) is 9.41 Å². The molecule has 0 spiro atoms. The summed E-state index contributed by atoms with van der Waals surface area (Å²) >= 11 is 0. The van der Waals surface area contributed by atoms with Crippen molar-refractivity contribution in [1.82, 2.24) is 20.4 Å². The van der Waals surface area contributed by atoms with Crippen LogP contribution >= 0.6 is 0 Å². The van der Waals surface area contributed by atoms with Crippen LogP contribution < -0.4 is 10.6 Å². The minimum Gasteiger partial charge on any atom is -0.469 e. The third kappa shape index (κ3) is 7.12. The summed E-state index contributed by atoms with van der Waals surface area (Å²) in [7, 11) is 3.55. The number of likely N-dealkylation sites (N-methyl/N-ethyl adjacent to an activating group) is 1. The molecule has 1 aromatic heterocycles. The summed E-state index contributed by atoms with van der Waals surface area (Å²) in [6.07, 6.45) is 5.80. The molecule has 0 saturated carbocycles. The molecular formula is C25H37N5O2. The molecular weight excluding hydrogens is 402 g/mol. The van der Waals surface area contributed by atoms with Gasteiger partial charge >= 0.3 is 0 Å². The highest BCUT2D eigenvalue weighted by Gasteiger charge is 2.22. The zero-order chi connectivity index (χ0) is 22.8. The third-order valence-corrected chi connectivity index (χ3v) is 5.90. The Morgan fingerprint density at radius 2 is 2.00 bits per heavy atom. The van der Waals surface area contributed by atoms with Crippen molar-refractivity contribution in [3.05, 3.63) is 59.5 Å². The molecule has 3 rings (SSSR count). The molecule has 1 unspecified atom stereocenters. The van der Waals surface area contributed by atoms with E-state index in [1.807, 2.05) is 30.3 Å². The fraction of sp³-hybridized carbons (Fsp3) is 0.520. The van der Waals surface area contributed by atoms with Gasteiger partial charge in [0.25, 0.3) is 5.91 Å². The molecule has 1 amide bonds. The molecule has 32 heavy (non-hydrogen) atoms. The van der Waals surface area contributed by atoms with Gasteiger partial charge in [-0.05, 0) is 62.2 Å². The van der Waals surface area contributed by atoms with Crippen molar-refractivity contribution in [2.45, 2.75) is 38.6 Å². The first-order valence-corrected chi connectivity index (χ1v) is 11.7. The number of guanidine groups is 1. The molecule has 174 valence electrons. The number of nitrogens with one attached hydrogen (secondary N) is 2. The van der Waals surface area contributed by atoms with Gasteiger partial charge in [-0.25, -0.2) is 0 Å². The van der Waals surface area contributed by atoms with E-state index in [0.29, 0.717) is 6.04 Å². The lowest BCUT2D eigenvalue weighted by molar-refractivity contribution is 0.0827. The van der Waals surface area contributed by atoms with Gasteiger partial charge in [-0.15, -0.1) is 0 Å². The summed E-state index contributed by atoms with van der Waals surface area (Å²) in [5.74, 6) is 1.82. The van der Waals surface area contributed by atoms with E-state index >= 15 is 0 Å². The summed E-state index contributed by atoms with van der Waals surface area (Å²) in [6, 6.07) is 12.3. The normalized spacial score (nSPS) is 16.8. The van der Waals surface area contributed by atoms with Crippen molar-refractivity contribution in [1.29, 1.82) is 0 Å². The van der Waals surface area contributed by atoms with E-state index in [1.165, 1.54) is 19.4 Å². The molecule has 1 atom stereocenters. The van der Waals surface area contributed by atoms with Crippen LogP contribution in [0.3, 0.4) is 0 Å². The fourth-order valence-electron chi connectivity index (χ4n) is 4.09. The van der Waals surface area contributed by atoms with Crippen LogP contribution in [0, 0.1) is 0 Å². The minimum absolute atomic E-state index is 0.0266. The Morgan fingerprint density at radius 3 is 2.72 bits per heavy atom. The van der Waals surface area contributed by atoms with Gasteiger partial charge in [-0.2, -0.15) is 0 Å². The topological polar surface area (TPSA) is 73.1 Å². The number of carbonyl (C=O) groups is 1. The second-order valence-corrected chi connectivity index (χ2v) is 8.45. The Morgan fingerprint density at radius 1 is 1.19 bits per heavy atom. The summed E-state index contributed by atoms with van der Waals surface area (Å²) in [6.45, 7) is 6.78. The van der Waals surface area contributed by atoms with Gasteiger partial charge < -0.3 is 20.0 Å². The molecule has 1 fully saturated rings. The van der Waals surface area contributed by atoms with E-state index in [1.54, 1.807) is 25.3 Å². The van der Waals surface area contributed by atoms with Gasteiger partial charge in [-0.3, -0.25) is 14.7 Å². The average Bonchev–Trinajstić information content (AvgIpc) is 3.48. The molecule has 1 saturated heterocycles. The van der Waals surface area contributed by atoms with Crippen LogP contribution in [0.25, 0.3) is 0 Å². The number of rotatable bonds is 10. The number of benzene rings is 1. The van der Waals surface area contributed by atoms with Crippen LogP contribution in [0.4, 0.5) is 0 Å². The highest BCUT2D eigenvalue weighted by atomic mass is 16.3. The lowest BCUT2D eigenvalue weighted by atomic mass is 10.1. The molecule has 0 bridgehead atoms. The lowest BCUT2D eigenvalue weighted by Crippen LogP contribution is -2.41. The van der Waals surface area contributed by atoms with Crippen LogP contribution in [0.15, 0.2) is 52.1 Å². The molecule has 7 nitrogen and oxygen atoms in total. The highest BCUT2D eigenvalue weighted by molar-refractivity contribution is 5.94. The van der Waals surface area contributed by atoms with E-state index in [9.17, 15) is 4.79 Å². The Hall–Kier alpha value is -2.80. The Labute approximate surface area is 191 Å². The smallest absolute Gasteiger partial charge is 0.253 e. The van der Waals surface area contributed by atoms with E-state index in [0.717, 1.165) is 61.9 Å². The van der Waals surface area contributed by atoms with Crippen molar-refractivity contribution < 1.29 is 9.21 Å². The number of amides is 1. The van der Waals surface area contributed by atoms with Crippen LogP contribution in [-0.2, 0) is 12.8 Å². The molecule has 2 N–H and O–H groups in total. The van der Waals surface area contributed by atoms with Crippen LogP contribution in [0.2, 0.25) is 0 Å². The molecule has 7 heteroatoms. The Bertz CT molecular complexity index is 863. The SMILES string of the molecule is CCN1CCCC1CN=C(NCCc1cccc(C(=O)N(C)C)c1)NCCc1ccco1. The molecule has 2 aromatic rings. The predicted octanol–water partition coefficient (Wildman–Crippen LogP) is 2.79. The van der Waals surface area contributed by atoms with Crippen molar-refractivity contribution in [3.8, 4) is 0 Å². The molecule has 1 aliphatic heterocycles. The number of likely N-dealkylation sites (tertiary alicyclic amines) is 1. The number of furan rings is 1. The number of aliphatic imine (C=N–C) groups is 1. The molecule has 2 heterocycles. The van der Waals surface area contributed by atoms with Gasteiger partial charge in [0.1, 0.15) is 5.76 Å². The van der Waals surface area contributed by atoms with Gasteiger partial charge in [0.2, 0.25) is 0 Å². The number of nitrogens with zero attached hydrogens (tertiary/aromatic N) is 3. The van der Waals surface area contributed by atoms with Crippen molar-refractivity contribution >= 4 is 11.9 Å². The van der Waals surface area contributed by atoms with E-state index < -0.39 is 0 Å². The highest BCUT2D eigenvalue weighted by Crippen LogP contribution is 2.16. The van der Waals surface area contributed by atoms with Gasteiger partial charge in [0.15, 0.2) is 5.96 Å². The molecule has 0 radical (unpaired) electrons. The summed E-state index contributed by atoms with van der Waals surface area (Å²) in [5.41, 5.74) is 1.85.